The average Bonchev–Trinajstić information content (AvgIpc) is 2.96. The number of rotatable bonds is 4. The van der Waals surface area contributed by atoms with Crippen molar-refractivity contribution >= 4 is 17.2 Å². The first-order chi connectivity index (χ1) is 10.2. The normalized spacial score (nSPS) is 20.0. The highest BCUT2D eigenvalue weighted by Gasteiger charge is 2.28. The van der Waals surface area contributed by atoms with Crippen LogP contribution in [0.5, 0.6) is 0 Å². The number of hydrogen-bond acceptors (Lipinski definition) is 3. The molecule has 0 amide bonds. The first kappa shape index (κ1) is 14.3. The van der Waals surface area contributed by atoms with Gasteiger partial charge in [0.25, 0.3) is 0 Å². The highest BCUT2D eigenvalue weighted by molar-refractivity contribution is 7.10. The Morgan fingerprint density at radius 1 is 1.38 bits per heavy atom. The van der Waals surface area contributed by atoms with Crippen LogP contribution in [0.2, 0.25) is 0 Å². The number of amidine groups is 1. The smallest absolute Gasteiger partial charge is 0.0995 e. The van der Waals surface area contributed by atoms with E-state index in [-0.39, 0.29) is 11.8 Å². The van der Waals surface area contributed by atoms with Crippen LogP contribution in [0.15, 0.2) is 41.8 Å². The van der Waals surface area contributed by atoms with Crippen molar-refractivity contribution in [3.8, 4) is 0 Å². The van der Waals surface area contributed by atoms with Crippen LogP contribution in [-0.4, -0.2) is 23.8 Å². The van der Waals surface area contributed by atoms with Crippen LogP contribution < -0.4 is 5.73 Å². The molecule has 0 saturated heterocycles. The van der Waals surface area contributed by atoms with Crippen LogP contribution in [0.25, 0.3) is 0 Å². The van der Waals surface area contributed by atoms with Crippen LogP contribution in [0.3, 0.4) is 0 Å². The summed E-state index contributed by atoms with van der Waals surface area (Å²) in [5, 5.41) is 10.1. The first-order valence-electron chi connectivity index (χ1n) is 7.36. The molecule has 0 fully saturated rings. The van der Waals surface area contributed by atoms with Crippen LogP contribution >= 0.6 is 11.3 Å². The molecule has 2 heterocycles. The molecule has 1 aliphatic rings. The quantitative estimate of drug-likeness (QED) is 0.671. The van der Waals surface area contributed by atoms with E-state index in [0.717, 1.165) is 25.1 Å². The van der Waals surface area contributed by atoms with Crippen molar-refractivity contribution in [2.24, 2.45) is 5.73 Å². The van der Waals surface area contributed by atoms with Gasteiger partial charge in [-0.3, -0.25) is 10.3 Å². The zero-order chi connectivity index (χ0) is 14.8. The van der Waals surface area contributed by atoms with E-state index in [9.17, 15) is 0 Å². The molecule has 0 bridgehead atoms. The van der Waals surface area contributed by atoms with Gasteiger partial charge in [0.1, 0.15) is 0 Å². The number of thiophene rings is 1. The molecule has 0 aliphatic carbocycles. The van der Waals surface area contributed by atoms with Gasteiger partial charge in [0, 0.05) is 24.0 Å². The zero-order valence-electron chi connectivity index (χ0n) is 12.3. The molecule has 0 spiro atoms. The summed E-state index contributed by atoms with van der Waals surface area (Å²) in [6.45, 7) is 4.12. The molecular formula is C17H21N3S. The second-order valence-electron chi connectivity index (χ2n) is 5.64. The Morgan fingerprint density at radius 2 is 2.14 bits per heavy atom. The van der Waals surface area contributed by atoms with Crippen molar-refractivity contribution in [1.29, 1.82) is 5.41 Å². The van der Waals surface area contributed by atoms with E-state index >= 15 is 0 Å². The Balaban J connectivity index is 1.80. The average molecular weight is 299 g/mol. The predicted octanol–water partition coefficient (Wildman–Crippen LogP) is 3.39. The molecule has 2 unspecified atom stereocenters. The molecule has 1 aliphatic heterocycles. The molecule has 3 nitrogen and oxygen atoms in total. The first-order valence-corrected chi connectivity index (χ1v) is 8.24. The van der Waals surface area contributed by atoms with Gasteiger partial charge in [0.15, 0.2) is 0 Å². The molecule has 3 N–H and O–H groups in total. The fourth-order valence-electron chi connectivity index (χ4n) is 3.11. The van der Waals surface area contributed by atoms with Gasteiger partial charge in [-0.1, -0.05) is 30.3 Å². The highest BCUT2D eigenvalue weighted by Crippen LogP contribution is 2.34. The summed E-state index contributed by atoms with van der Waals surface area (Å²) in [6.07, 6.45) is 1.11. The second-order valence-corrected chi connectivity index (χ2v) is 6.64. The summed E-state index contributed by atoms with van der Waals surface area (Å²) in [6, 6.07) is 12.8. The van der Waals surface area contributed by atoms with Gasteiger partial charge >= 0.3 is 0 Å². The highest BCUT2D eigenvalue weighted by atomic mass is 32.1. The van der Waals surface area contributed by atoms with Crippen molar-refractivity contribution in [3.05, 3.63) is 57.8 Å². The van der Waals surface area contributed by atoms with Gasteiger partial charge in [-0.05, 0) is 35.9 Å². The van der Waals surface area contributed by atoms with E-state index in [1.165, 1.54) is 10.4 Å². The summed E-state index contributed by atoms with van der Waals surface area (Å²) < 4.78 is 0. The number of nitrogens with two attached hydrogens (primary N) is 1. The summed E-state index contributed by atoms with van der Waals surface area (Å²) in [4.78, 5) is 3.96. The third kappa shape index (κ3) is 2.87. The minimum absolute atomic E-state index is 0.0196. The van der Waals surface area contributed by atoms with E-state index in [1.807, 2.05) is 29.5 Å². The van der Waals surface area contributed by atoms with E-state index < -0.39 is 0 Å². The van der Waals surface area contributed by atoms with Gasteiger partial charge in [-0.15, -0.1) is 11.3 Å². The van der Waals surface area contributed by atoms with Crippen LogP contribution in [0, 0.1) is 5.41 Å². The summed E-state index contributed by atoms with van der Waals surface area (Å²) >= 11 is 1.86. The Hall–Kier alpha value is -1.65. The minimum atomic E-state index is -0.0196. The Labute approximate surface area is 129 Å². The molecule has 0 saturated carbocycles. The zero-order valence-corrected chi connectivity index (χ0v) is 13.1. The fraction of sp³-hybridized carbons (Fsp3) is 0.353. The second kappa shape index (κ2) is 6.00. The molecule has 3 rings (SSSR count). The molecule has 0 radical (unpaired) electrons. The summed E-state index contributed by atoms with van der Waals surface area (Å²) in [7, 11) is 0. The topological polar surface area (TPSA) is 53.1 Å². The van der Waals surface area contributed by atoms with Crippen LogP contribution in [-0.2, 0) is 6.42 Å². The number of fused-ring (bicyclic) bond motifs is 1. The number of hydrogen-bond donors (Lipinski definition) is 2. The van der Waals surface area contributed by atoms with Crippen molar-refractivity contribution in [2.45, 2.75) is 25.3 Å². The van der Waals surface area contributed by atoms with E-state index in [0.29, 0.717) is 6.04 Å². The molecule has 1 aromatic heterocycles. The number of benzene rings is 1. The lowest BCUT2D eigenvalue weighted by atomic mass is 9.94. The maximum absolute atomic E-state index is 7.94. The van der Waals surface area contributed by atoms with Gasteiger partial charge in [-0.25, -0.2) is 0 Å². The molecular weight excluding hydrogens is 278 g/mol. The molecule has 2 atom stereocenters. The van der Waals surface area contributed by atoms with E-state index in [1.54, 1.807) is 0 Å². The summed E-state index contributed by atoms with van der Waals surface area (Å²) in [5.74, 6) is 0.235. The molecule has 1 aromatic carbocycles. The molecule has 2 aromatic rings. The largest absolute Gasteiger partial charge is 0.387 e. The lowest BCUT2D eigenvalue weighted by Gasteiger charge is -2.36. The number of nitrogens with zero attached hydrogens (tertiary/aromatic N) is 1. The Morgan fingerprint density at radius 3 is 2.86 bits per heavy atom. The monoisotopic (exact) mass is 299 g/mol. The van der Waals surface area contributed by atoms with Gasteiger partial charge in [0.2, 0.25) is 0 Å². The predicted molar refractivity (Wildman–Crippen MR) is 89.1 cm³/mol. The SMILES string of the molecule is CC1c2ccsc2CCN1CC(C(=N)N)c1ccccc1. The molecule has 4 heteroatoms. The Kier molecular flexibility index (Phi) is 4.08. The summed E-state index contributed by atoms with van der Waals surface area (Å²) in [5.41, 5.74) is 8.44. The number of nitrogens with one attached hydrogen (secondary N) is 1. The minimum Gasteiger partial charge on any atom is -0.387 e. The van der Waals surface area contributed by atoms with Gasteiger partial charge in [0.05, 0.1) is 11.8 Å². The van der Waals surface area contributed by atoms with E-state index in [4.69, 9.17) is 11.1 Å². The van der Waals surface area contributed by atoms with Crippen LogP contribution in [0.1, 0.15) is 34.9 Å². The van der Waals surface area contributed by atoms with Crippen LogP contribution in [0.4, 0.5) is 0 Å². The maximum Gasteiger partial charge on any atom is 0.0995 e. The molecule has 21 heavy (non-hydrogen) atoms. The Bertz CT molecular complexity index is 620. The maximum atomic E-state index is 7.94. The lowest BCUT2D eigenvalue weighted by Crippen LogP contribution is -2.39. The lowest BCUT2D eigenvalue weighted by molar-refractivity contribution is 0.198. The molecule has 110 valence electrons. The van der Waals surface area contributed by atoms with Crippen molar-refractivity contribution in [2.75, 3.05) is 13.1 Å². The van der Waals surface area contributed by atoms with Crippen molar-refractivity contribution in [1.82, 2.24) is 4.90 Å². The third-order valence-corrected chi connectivity index (χ3v) is 5.39. The van der Waals surface area contributed by atoms with Crippen molar-refractivity contribution in [3.63, 3.8) is 0 Å². The van der Waals surface area contributed by atoms with Crippen molar-refractivity contribution < 1.29 is 0 Å². The van der Waals surface area contributed by atoms with E-state index in [2.05, 4.69) is 35.4 Å². The van der Waals surface area contributed by atoms with Gasteiger partial charge < -0.3 is 5.73 Å². The fourth-order valence-corrected chi connectivity index (χ4v) is 4.08. The third-order valence-electron chi connectivity index (χ3n) is 4.40. The standard InChI is InChI=1S/C17H21N3S/c1-12-14-8-10-21-16(14)7-9-20(12)11-15(17(18)19)13-5-3-2-4-6-13/h2-6,8,10,12,15H,7,9,11H2,1H3,(H3,18,19). The van der Waals surface area contributed by atoms with Gasteiger partial charge in [-0.2, -0.15) is 0 Å².